The van der Waals surface area contributed by atoms with Crippen molar-refractivity contribution in [1.29, 1.82) is 0 Å². The highest BCUT2D eigenvalue weighted by Crippen LogP contribution is 2.32. The lowest BCUT2D eigenvalue weighted by molar-refractivity contribution is -0.144. The molecule has 164 valence electrons. The highest BCUT2D eigenvalue weighted by molar-refractivity contribution is 5.88. The lowest BCUT2D eigenvalue weighted by Crippen LogP contribution is -2.60. The summed E-state index contributed by atoms with van der Waals surface area (Å²) < 4.78 is 0. The summed E-state index contributed by atoms with van der Waals surface area (Å²) in [5, 5.41) is 5.74. The lowest BCUT2D eigenvalue weighted by Gasteiger charge is -2.41. The Balaban J connectivity index is 1.67. The van der Waals surface area contributed by atoms with E-state index in [1.807, 2.05) is 62.9 Å². The molecular weight excluding hydrogens is 380 g/mol. The standard InChI is InChI=1S/C23H34N4O3/c1-16-15-26(12-13-27(16)20(28)18-10-11-18)21(29)19(14-17-8-6-5-7-9-17)24-22(30)25-23(2,3)4/h5-9,16,18-19H,10-15H2,1-4H3,(H2,24,25,30). The van der Waals surface area contributed by atoms with Gasteiger partial charge in [0.1, 0.15) is 6.04 Å². The highest BCUT2D eigenvalue weighted by atomic mass is 16.2. The van der Waals surface area contributed by atoms with Gasteiger partial charge in [0.05, 0.1) is 0 Å². The average Bonchev–Trinajstić information content (AvgIpc) is 3.51. The molecule has 2 atom stereocenters. The van der Waals surface area contributed by atoms with Crippen LogP contribution in [0.5, 0.6) is 0 Å². The van der Waals surface area contributed by atoms with E-state index in [9.17, 15) is 14.4 Å². The predicted octanol–water partition coefficient (Wildman–Crippen LogP) is 2.16. The normalized spacial score (nSPS) is 20.5. The number of amides is 4. The third-order valence-electron chi connectivity index (χ3n) is 5.52. The summed E-state index contributed by atoms with van der Waals surface area (Å²) in [6.07, 6.45) is 2.39. The summed E-state index contributed by atoms with van der Waals surface area (Å²) in [7, 11) is 0. The first-order valence-corrected chi connectivity index (χ1v) is 10.9. The van der Waals surface area contributed by atoms with Gasteiger partial charge in [0.15, 0.2) is 0 Å². The van der Waals surface area contributed by atoms with Gasteiger partial charge in [-0.25, -0.2) is 4.79 Å². The van der Waals surface area contributed by atoms with Crippen LogP contribution in [0.4, 0.5) is 4.79 Å². The van der Waals surface area contributed by atoms with Crippen molar-refractivity contribution in [3.63, 3.8) is 0 Å². The number of rotatable bonds is 5. The number of carbonyl (C=O) groups excluding carboxylic acids is 3. The Kier molecular flexibility index (Phi) is 6.68. The van der Waals surface area contributed by atoms with Gasteiger partial charge in [-0.15, -0.1) is 0 Å². The third-order valence-corrected chi connectivity index (χ3v) is 5.52. The van der Waals surface area contributed by atoms with Crippen molar-refractivity contribution >= 4 is 17.8 Å². The summed E-state index contributed by atoms with van der Waals surface area (Å²) in [6, 6.07) is 8.67. The van der Waals surface area contributed by atoms with Crippen LogP contribution in [-0.2, 0) is 16.0 Å². The van der Waals surface area contributed by atoms with E-state index in [0.717, 1.165) is 18.4 Å². The van der Waals surface area contributed by atoms with Crippen molar-refractivity contribution in [3.05, 3.63) is 35.9 Å². The monoisotopic (exact) mass is 414 g/mol. The van der Waals surface area contributed by atoms with Crippen molar-refractivity contribution in [2.45, 2.75) is 64.6 Å². The number of benzene rings is 1. The van der Waals surface area contributed by atoms with E-state index in [-0.39, 0.29) is 29.8 Å². The van der Waals surface area contributed by atoms with E-state index in [2.05, 4.69) is 10.6 Å². The second-order valence-corrected chi connectivity index (χ2v) is 9.53. The zero-order valence-corrected chi connectivity index (χ0v) is 18.5. The molecule has 0 spiro atoms. The summed E-state index contributed by atoms with van der Waals surface area (Å²) in [5.41, 5.74) is 0.593. The minimum Gasteiger partial charge on any atom is -0.337 e. The molecule has 1 saturated heterocycles. The van der Waals surface area contributed by atoms with Gasteiger partial charge in [0.2, 0.25) is 11.8 Å². The van der Waals surface area contributed by atoms with Crippen LogP contribution in [-0.4, -0.2) is 64.9 Å². The molecule has 2 aliphatic rings. The SMILES string of the molecule is CC1CN(C(=O)C(Cc2ccccc2)NC(=O)NC(C)(C)C)CCN1C(=O)C1CC1. The molecule has 0 radical (unpaired) electrons. The minimum absolute atomic E-state index is 0.0171. The Labute approximate surface area is 179 Å². The Morgan fingerprint density at radius 1 is 1.10 bits per heavy atom. The van der Waals surface area contributed by atoms with E-state index in [0.29, 0.717) is 26.1 Å². The third kappa shape index (κ3) is 5.97. The topological polar surface area (TPSA) is 81.8 Å². The van der Waals surface area contributed by atoms with Gasteiger partial charge >= 0.3 is 6.03 Å². The molecule has 30 heavy (non-hydrogen) atoms. The highest BCUT2D eigenvalue weighted by Gasteiger charge is 2.39. The van der Waals surface area contributed by atoms with Gasteiger partial charge in [0, 0.05) is 43.6 Å². The van der Waals surface area contributed by atoms with E-state index < -0.39 is 11.6 Å². The van der Waals surface area contributed by atoms with Crippen LogP contribution in [0.3, 0.4) is 0 Å². The number of nitrogens with zero attached hydrogens (tertiary/aromatic N) is 2. The first kappa shape index (κ1) is 22.1. The zero-order chi connectivity index (χ0) is 21.9. The Bertz CT molecular complexity index is 770. The number of nitrogens with one attached hydrogen (secondary N) is 2. The zero-order valence-electron chi connectivity index (χ0n) is 18.5. The molecule has 1 aliphatic heterocycles. The smallest absolute Gasteiger partial charge is 0.315 e. The maximum atomic E-state index is 13.4. The minimum atomic E-state index is -0.660. The molecule has 2 N–H and O–H groups in total. The number of carbonyl (C=O) groups is 3. The molecule has 1 aromatic rings. The van der Waals surface area contributed by atoms with Crippen LogP contribution in [0.2, 0.25) is 0 Å². The van der Waals surface area contributed by atoms with E-state index >= 15 is 0 Å². The molecule has 2 fully saturated rings. The first-order chi connectivity index (χ1) is 14.1. The van der Waals surface area contributed by atoms with Gasteiger partial charge in [-0.1, -0.05) is 30.3 Å². The quantitative estimate of drug-likeness (QED) is 0.775. The van der Waals surface area contributed by atoms with Crippen LogP contribution in [0, 0.1) is 5.92 Å². The van der Waals surface area contributed by atoms with E-state index in [1.54, 1.807) is 4.90 Å². The second kappa shape index (κ2) is 9.06. The summed E-state index contributed by atoms with van der Waals surface area (Å²) in [6.45, 7) is 9.23. The number of hydrogen-bond acceptors (Lipinski definition) is 3. The summed E-state index contributed by atoms with van der Waals surface area (Å²) >= 11 is 0. The molecule has 1 aliphatic carbocycles. The number of urea groups is 1. The van der Waals surface area contributed by atoms with E-state index in [1.165, 1.54) is 0 Å². The van der Waals surface area contributed by atoms with Gasteiger partial charge in [-0.05, 0) is 46.1 Å². The summed E-state index contributed by atoms with van der Waals surface area (Å²) in [4.78, 5) is 42.0. The Morgan fingerprint density at radius 3 is 2.33 bits per heavy atom. The molecule has 1 aromatic carbocycles. The number of hydrogen-bond donors (Lipinski definition) is 2. The van der Waals surface area contributed by atoms with Crippen LogP contribution in [0.25, 0.3) is 0 Å². The van der Waals surface area contributed by atoms with Gasteiger partial charge in [-0.2, -0.15) is 0 Å². The maximum Gasteiger partial charge on any atom is 0.315 e. The average molecular weight is 415 g/mol. The fraction of sp³-hybridized carbons (Fsp3) is 0.609. The fourth-order valence-corrected chi connectivity index (χ4v) is 3.86. The van der Waals surface area contributed by atoms with Crippen molar-refractivity contribution in [2.24, 2.45) is 5.92 Å². The molecule has 7 heteroatoms. The number of piperazine rings is 1. The molecular formula is C23H34N4O3. The van der Waals surface area contributed by atoms with Gasteiger partial charge < -0.3 is 20.4 Å². The van der Waals surface area contributed by atoms with Crippen molar-refractivity contribution < 1.29 is 14.4 Å². The molecule has 0 aromatic heterocycles. The first-order valence-electron chi connectivity index (χ1n) is 10.9. The van der Waals surface area contributed by atoms with E-state index in [4.69, 9.17) is 0 Å². The molecule has 1 heterocycles. The van der Waals surface area contributed by atoms with Crippen molar-refractivity contribution in [3.8, 4) is 0 Å². The fourth-order valence-electron chi connectivity index (χ4n) is 3.86. The van der Waals surface area contributed by atoms with Crippen LogP contribution in [0.15, 0.2) is 30.3 Å². The second-order valence-electron chi connectivity index (χ2n) is 9.53. The molecule has 4 amide bonds. The Hall–Kier alpha value is -2.57. The van der Waals surface area contributed by atoms with Gasteiger partial charge in [-0.3, -0.25) is 9.59 Å². The maximum absolute atomic E-state index is 13.4. The van der Waals surface area contributed by atoms with Crippen LogP contribution < -0.4 is 10.6 Å². The lowest BCUT2D eigenvalue weighted by atomic mass is 10.0. The summed E-state index contributed by atoms with van der Waals surface area (Å²) in [5.74, 6) is 0.301. The van der Waals surface area contributed by atoms with Crippen molar-refractivity contribution in [1.82, 2.24) is 20.4 Å². The molecule has 2 unspecified atom stereocenters. The molecule has 3 rings (SSSR count). The molecule has 1 saturated carbocycles. The molecule has 7 nitrogen and oxygen atoms in total. The van der Waals surface area contributed by atoms with Crippen LogP contribution >= 0.6 is 0 Å². The Morgan fingerprint density at radius 2 is 1.77 bits per heavy atom. The van der Waals surface area contributed by atoms with Crippen LogP contribution in [0.1, 0.15) is 46.1 Å². The largest absolute Gasteiger partial charge is 0.337 e. The molecule has 0 bridgehead atoms. The van der Waals surface area contributed by atoms with Gasteiger partial charge in [0.25, 0.3) is 0 Å². The predicted molar refractivity (Wildman–Crippen MR) is 116 cm³/mol. The van der Waals surface area contributed by atoms with Crippen molar-refractivity contribution in [2.75, 3.05) is 19.6 Å².